The van der Waals surface area contributed by atoms with Crippen LogP contribution >= 0.6 is 0 Å². The molecule has 0 unspecified atom stereocenters. The summed E-state index contributed by atoms with van der Waals surface area (Å²) in [6.45, 7) is 7.05. The van der Waals surface area contributed by atoms with Crippen molar-refractivity contribution >= 4 is 22.5 Å². The van der Waals surface area contributed by atoms with Crippen LogP contribution in [-0.2, 0) is 6.54 Å². The Labute approximate surface area is 159 Å². The van der Waals surface area contributed by atoms with Gasteiger partial charge in [0.1, 0.15) is 6.07 Å². The van der Waals surface area contributed by atoms with E-state index < -0.39 is 0 Å². The number of aromatic nitrogens is 1. The van der Waals surface area contributed by atoms with Crippen LogP contribution in [0.5, 0.6) is 0 Å². The number of anilines is 1. The topological polar surface area (TPSA) is 77.8 Å². The summed E-state index contributed by atoms with van der Waals surface area (Å²) in [6, 6.07) is 13.8. The fourth-order valence-corrected chi connectivity index (χ4v) is 3.21. The van der Waals surface area contributed by atoms with E-state index in [9.17, 15) is 10.1 Å². The third-order valence-electron chi connectivity index (χ3n) is 4.42. The van der Waals surface area contributed by atoms with Crippen molar-refractivity contribution in [2.75, 3.05) is 11.9 Å². The van der Waals surface area contributed by atoms with Crippen LogP contribution < -0.4 is 10.6 Å². The molecule has 2 N–H and O–H groups in total. The van der Waals surface area contributed by atoms with Crippen molar-refractivity contribution < 1.29 is 4.79 Å². The Morgan fingerprint density at radius 3 is 2.78 bits per heavy atom. The van der Waals surface area contributed by atoms with Gasteiger partial charge in [-0.05, 0) is 50.1 Å². The summed E-state index contributed by atoms with van der Waals surface area (Å²) >= 11 is 0. The minimum absolute atomic E-state index is 0.0855. The number of benzene rings is 2. The second kappa shape index (κ2) is 7.88. The molecule has 0 aliphatic carbocycles. The third-order valence-corrected chi connectivity index (χ3v) is 4.42. The molecular weight excluding hydrogens is 336 g/mol. The smallest absolute Gasteiger partial charge is 0.251 e. The van der Waals surface area contributed by atoms with Crippen LogP contribution in [0.15, 0.2) is 42.6 Å². The second-order valence-electron chi connectivity index (χ2n) is 6.55. The molecule has 5 nitrogen and oxygen atoms in total. The molecule has 1 amide bonds. The lowest BCUT2D eigenvalue weighted by Gasteiger charge is -2.14. The molecular formula is C22H22N4O. The van der Waals surface area contributed by atoms with Gasteiger partial charge >= 0.3 is 0 Å². The number of aryl methyl sites for hydroxylation is 2. The number of hydrogen-bond acceptors (Lipinski definition) is 4. The standard InChI is InChI=1S/C22H22N4O/c1-4-24-22(27)17-7-5-6-16(10-17)12-25-21-18(11-23)13-26-20-15(3)8-14(2)9-19(20)21/h5-10,13H,4,12H2,1-3H3,(H,24,27)(H,25,26). The number of rotatable bonds is 5. The lowest BCUT2D eigenvalue weighted by molar-refractivity contribution is 0.0955. The Kier molecular flexibility index (Phi) is 5.37. The van der Waals surface area contributed by atoms with E-state index in [2.05, 4.69) is 27.8 Å². The van der Waals surface area contributed by atoms with E-state index in [1.165, 1.54) is 0 Å². The van der Waals surface area contributed by atoms with Crippen LogP contribution in [0, 0.1) is 25.2 Å². The maximum absolute atomic E-state index is 12.0. The lowest BCUT2D eigenvalue weighted by Crippen LogP contribution is -2.22. The van der Waals surface area contributed by atoms with Crippen molar-refractivity contribution in [3.8, 4) is 6.07 Å². The summed E-state index contributed by atoms with van der Waals surface area (Å²) in [5.74, 6) is -0.0855. The molecule has 2 aromatic carbocycles. The molecule has 0 fully saturated rings. The van der Waals surface area contributed by atoms with Crippen LogP contribution in [0.1, 0.15) is 39.5 Å². The van der Waals surface area contributed by atoms with Crippen molar-refractivity contribution in [3.05, 3.63) is 70.4 Å². The summed E-state index contributed by atoms with van der Waals surface area (Å²) in [4.78, 5) is 16.5. The zero-order valence-electron chi connectivity index (χ0n) is 15.8. The molecule has 1 aromatic heterocycles. The Bertz CT molecular complexity index is 1050. The van der Waals surface area contributed by atoms with Crippen molar-refractivity contribution in [2.45, 2.75) is 27.3 Å². The average Bonchev–Trinajstić information content (AvgIpc) is 2.66. The molecule has 5 heteroatoms. The lowest BCUT2D eigenvalue weighted by atomic mass is 10.0. The normalized spacial score (nSPS) is 10.4. The number of pyridine rings is 1. The number of nitrogens with one attached hydrogen (secondary N) is 2. The number of nitrogens with zero attached hydrogens (tertiary/aromatic N) is 2. The summed E-state index contributed by atoms with van der Waals surface area (Å²) < 4.78 is 0. The Balaban J connectivity index is 1.95. The zero-order valence-corrected chi connectivity index (χ0v) is 15.8. The molecule has 0 atom stereocenters. The van der Waals surface area contributed by atoms with Crippen LogP contribution in [0.2, 0.25) is 0 Å². The van der Waals surface area contributed by atoms with Crippen molar-refractivity contribution in [1.29, 1.82) is 5.26 Å². The van der Waals surface area contributed by atoms with E-state index in [1.54, 1.807) is 12.3 Å². The van der Waals surface area contributed by atoms with Gasteiger partial charge in [-0.25, -0.2) is 0 Å². The average molecular weight is 358 g/mol. The van der Waals surface area contributed by atoms with Crippen molar-refractivity contribution in [1.82, 2.24) is 10.3 Å². The van der Waals surface area contributed by atoms with Crippen LogP contribution in [-0.4, -0.2) is 17.4 Å². The van der Waals surface area contributed by atoms with Crippen LogP contribution in [0.4, 0.5) is 5.69 Å². The van der Waals surface area contributed by atoms with Gasteiger partial charge in [-0.3, -0.25) is 9.78 Å². The highest BCUT2D eigenvalue weighted by Crippen LogP contribution is 2.29. The molecule has 0 saturated carbocycles. The maximum atomic E-state index is 12.0. The van der Waals surface area contributed by atoms with Gasteiger partial charge in [0.15, 0.2) is 0 Å². The van der Waals surface area contributed by atoms with Crippen LogP contribution in [0.3, 0.4) is 0 Å². The molecule has 27 heavy (non-hydrogen) atoms. The second-order valence-corrected chi connectivity index (χ2v) is 6.55. The van der Waals surface area contributed by atoms with Gasteiger partial charge in [0, 0.05) is 30.2 Å². The van der Waals surface area contributed by atoms with Gasteiger partial charge in [-0.15, -0.1) is 0 Å². The molecule has 0 aliphatic heterocycles. The Hall–Kier alpha value is -3.39. The first-order valence-corrected chi connectivity index (χ1v) is 8.94. The minimum atomic E-state index is -0.0855. The highest BCUT2D eigenvalue weighted by Gasteiger charge is 2.11. The first-order chi connectivity index (χ1) is 13.0. The molecule has 3 aromatic rings. The van der Waals surface area contributed by atoms with Crippen molar-refractivity contribution in [2.24, 2.45) is 0 Å². The van der Waals surface area contributed by atoms with Gasteiger partial charge in [-0.2, -0.15) is 5.26 Å². The van der Waals surface area contributed by atoms with E-state index in [1.807, 2.05) is 45.0 Å². The van der Waals surface area contributed by atoms with E-state index >= 15 is 0 Å². The first kappa shape index (κ1) is 18.4. The Morgan fingerprint density at radius 2 is 2.04 bits per heavy atom. The summed E-state index contributed by atoms with van der Waals surface area (Å²) in [7, 11) is 0. The summed E-state index contributed by atoms with van der Waals surface area (Å²) in [6.07, 6.45) is 1.61. The molecule has 0 spiro atoms. The molecule has 136 valence electrons. The van der Waals surface area contributed by atoms with E-state index in [4.69, 9.17) is 0 Å². The zero-order chi connectivity index (χ0) is 19.4. The Morgan fingerprint density at radius 1 is 1.22 bits per heavy atom. The number of fused-ring (bicyclic) bond motifs is 1. The summed E-state index contributed by atoms with van der Waals surface area (Å²) in [5.41, 5.74) is 5.97. The number of nitriles is 1. The molecule has 3 rings (SSSR count). The first-order valence-electron chi connectivity index (χ1n) is 8.94. The van der Waals surface area contributed by atoms with Gasteiger partial charge in [0.2, 0.25) is 0 Å². The maximum Gasteiger partial charge on any atom is 0.251 e. The monoisotopic (exact) mass is 358 g/mol. The number of carbonyl (C=O) groups excluding carboxylic acids is 1. The molecule has 1 heterocycles. The molecule has 0 aliphatic rings. The van der Waals surface area contributed by atoms with Gasteiger partial charge in [0.25, 0.3) is 5.91 Å². The highest BCUT2D eigenvalue weighted by atomic mass is 16.1. The fourth-order valence-electron chi connectivity index (χ4n) is 3.21. The highest BCUT2D eigenvalue weighted by molar-refractivity contribution is 5.96. The van der Waals surface area contributed by atoms with E-state index in [0.717, 1.165) is 33.3 Å². The van der Waals surface area contributed by atoms with Gasteiger partial charge < -0.3 is 10.6 Å². The van der Waals surface area contributed by atoms with Gasteiger partial charge in [0.05, 0.1) is 16.8 Å². The quantitative estimate of drug-likeness (QED) is 0.720. The molecule has 0 saturated heterocycles. The van der Waals surface area contributed by atoms with Gasteiger partial charge in [-0.1, -0.05) is 23.8 Å². The third kappa shape index (κ3) is 3.90. The molecule has 0 radical (unpaired) electrons. The van der Waals surface area contributed by atoms with E-state index in [0.29, 0.717) is 24.2 Å². The molecule has 0 bridgehead atoms. The predicted octanol–water partition coefficient (Wildman–Crippen LogP) is 4.09. The predicted molar refractivity (Wildman–Crippen MR) is 108 cm³/mol. The number of hydrogen-bond donors (Lipinski definition) is 2. The van der Waals surface area contributed by atoms with E-state index in [-0.39, 0.29) is 5.91 Å². The number of carbonyl (C=O) groups is 1. The SMILES string of the molecule is CCNC(=O)c1cccc(CNc2c(C#N)cnc3c(C)cc(C)cc23)c1. The summed E-state index contributed by atoms with van der Waals surface area (Å²) in [5, 5.41) is 16.6. The van der Waals surface area contributed by atoms with Crippen LogP contribution in [0.25, 0.3) is 10.9 Å². The van der Waals surface area contributed by atoms with Crippen molar-refractivity contribution in [3.63, 3.8) is 0 Å². The minimum Gasteiger partial charge on any atom is -0.379 e. The fraction of sp³-hybridized carbons (Fsp3) is 0.227. The largest absolute Gasteiger partial charge is 0.379 e. The number of amides is 1.